The average Bonchev–Trinajstić information content (AvgIpc) is 3.81. The van der Waals surface area contributed by atoms with Gasteiger partial charge in [0.1, 0.15) is 11.0 Å². The van der Waals surface area contributed by atoms with Crippen molar-refractivity contribution < 1.29 is 8.83 Å². The molecule has 0 saturated carbocycles. The molecule has 7 aromatic carbocycles. The van der Waals surface area contributed by atoms with E-state index < -0.39 is 0 Å². The van der Waals surface area contributed by atoms with Gasteiger partial charge in [-0.05, 0) is 72.8 Å². The molecule has 2 aromatic heterocycles. The minimum Gasteiger partial charge on any atom is -0.423 e. The van der Waals surface area contributed by atoms with Crippen molar-refractivity contribution in [3.63, 3.8) is 0 Å². The molecule has 2 aliphatic heterocycles. The van der Waals surface area contributed by atoms with Crippen LogP contribution in [-0.2, 0) is 0 Å². The van der Waals surface area contributed by atoms with E-state index in [1.165, 1.54) is 0 Å². The largest absolute Gasteiger partial charge is 0.423 e. The average molecular weight is 673 g/mol. The summed E-state index contributed by atoms with van der Waals surface area (Å²) in [5, 5.41) is 0. The van der Waals surface area contributed by atoms with Gasteiger partial charge in [-0.3, -0.25) is 9.80 Å². The second kappa shape index (κ2) is 11.1. The van der Waals surface area contributed by atoms with E-state index >= 15 is 0 Å². The molecule has 52 heavy (non-hydrogen) atoms. The maximum Gasteiger partial charge on any atom is 0.307 e. The lowest BCUT2D eigenvalue weighted by Gasteiger charge is -2.38. The van der Waals surface area contributed by atoms with Crippen LogP contribution < -0.4 is 19.6 Å². The standard InChI is InChI=1S/C44H28N6O2/c1-3-15-29(16-4-1)47-33-19-7-11-23-37(33)49(38-24-12-8-20-34(38)47)43-45-31-27-42-32(28-41(31)51-43)46-44(52-42)50-39-25-13-9-21-35(39)48(30-17-5-2-6-18-30)36-22-10-14-26-40(36)50/h1-28H. The number of para-hydroxylation sites is 10. The fourth-order valence-corrected chi connectivity index (χ4v) is 7.53. The Bertz CT molecular complexity index is 2460. The van der Waals surface area contributed by atoms with Crippen LogP contribution in [0.25, 0.3) is 22.2 Å². The van der Waals surface area contributed by atoms with Crippen LogP contribution in [0.1, 0.15) is 0 Å². The molecule has 0 N–H and O–H groups in total. The van der Waals surface area contributed by atoms with Crippen molar-refractivity contribution in [2.75, 3.05) is 19.6 Å². The molecule has 0 saturated heterocycles. The normalized spacial score (nSPS) is 13.2. The summed E-state index contributed by atoms with van der Waals surface area (Å²) >= 11 is 0. The molecule has 0 aliphatic carbocycles. The number of aromatic nitrogens is 2. The molecule has 0 unspecified atom stereocenters. The second-order valence-electron chi connectivity index (χ2n) is 12.7. The lowest BCUT2D eigenvalue weighted by Crippen LogP contribution is -2.24. The Kier molecular flexibility index (Phi) is 6.08. The van der Waals surface area contributed by atoms with Crippen LogP contribution in [0.5, 0.6) is 0 Å². The van der Waals surface area contributed by atoms with Gasteiger partial charge in [0, 0.05) is 23.5 Å². The smallest absolute Gasteiger partial charge is 0.307 e. The first kappa shape index (κ1) is 28.5. The Morgan fingerprint density at radius 2 is 0.577 bits per heavy atom. The number of hydrogen-bond donors (Lipinski definition) is 0. The first-order valence-electron chi connectivity index (χ1n) is 17.2. The number of rotatable bonds is 4. The van der Waals surface area contributed by atoms with E-state index in [9.17, 15) is 0 Å². The van der Waals surface area contributed by atoms with E-state index in [0.29, 0.717) is 34.2 Å². The molecule has 0 fully saturated rings. The highest BCUT2D eigenvalue weighted by atomic mass is 16.4. The summed E-state index contributed by atoms with van der Waals surface area (Å²) in [5.41, 5.74) is 12.7. The van der Waals surface area contributed by atoms with Crippen LogP contribution in [0.2, 0.25) is 0 Å². The van der Waals surface area contributed by atoms with Crippen molar-refractivity contribution in [3.8, 4) is 0 Å². The summed E-state index contributed by atoms with van der Waals surface area (Å²) in [6.45, 7) is 0. The van der Waals surface area contributed by atoms with Gasteiger partial charge in [-0.1, -0.05) is 84.9 Å². The van der Waals surface area contributed by atoms with Crippen LogP contribution in [0.15, 0.2) is 179 Å². The molecule has 0 amide bonds. The Hall–Kier alpha value is -7.32. The summed E-state index contributed by atoms with van der Waals surface area (Å²) in [6.07, 6.45) is 0. The van der Waals surface area contributed by atoms with Crippen LogP contribution in [0.4, 0.5) is 68.9 Å². The van der Waals surface area contributed by atoms with Gasteiger partial charge in [0.2, 0.25) is 0 Å². The summed E-state index contributed by atoms with van der Waals surface area (Å²) in [5.74, 6) is 0. The maximum atomic E-state index is 6.59. The molecule has 0 spiro atoms. The summed E-state index contributed by atoms with van der Waals surface area (Å²) in [6, 6.07) is 58.9. The minimum atomic E-state index is 0.468. The third-order valence-corrected chi connectivity index (χ3v) is 9.74. The van der Waals surface area contributed by atoms with E-state index in [2.05, 4.69) is 141 Å². The number of nitrogens with zero attached hydrogens (tertiary/aromatic N) is 6. The van der Waals surface area contributed by atoms with Crippen LogP contribution >= 0.6 is 0 Å². The fraction of sp³-hybridized carbons (Fsp3) is 0. The van der Waals surface area contributed by atoms with Gasteiger partial charge in [0.25, 0.3) is 0 Å². The summed E-state index contributed by atoms with van der Waals surface area (Å²) < 4.78 is 13.2. The predicted octanol–water partition coefficient (Wildman–Crippen LogP) is 12.5. The van der Waals surface area contributed by atoms with Crippen molar-refractivity contribution in [1.29, 1.82) is 0 Å². The van der Waals surface area contributed by atoms with E-state index in [4.69, 9.17) is 18.8 Å². The number of benzene rings is 7. The molecular formula is C44H28N6O2. The van der Waals surface area contributed by atoms with Crippen LogP contribution in [-0.4, -0.2) is 9.97 Å². The quantitative estimate of drug-likeness (QED) is 0.183. The van der Waals surface area contributed by atoms with Gasteiger partial charge < -0.3 is 18.6 Å². The molecule has 11 rings (SSSR count). The fourth-order valence-electron chi connectivity index (χ4n) is 7.53. The SMILES string of the molecule is c1ccc(N2c3ccccc3N(c3nc4cc5oc(N6c7ccccc7N(c7ccccc7)c7ccccc76)nc5cc4o3)c3ccccc32)cc1. The molecule has 2 aliphatic rings. The number of anilines is 12. The molecule has 246 valence electrons. The van der Waals surface area contributed by atoms with Crippen LogP contribution in [0.3, 0.4) is 0 Å². The molecule has 0 radical (unpaired) electrons. The van der Waals surface area contributed by atoms with Gasteiger partial charge in [0.05, 0.1) is 45.5 Å². The third kappa shape index (κ3) is 4.21. The monoisotopic (exact) mass is 672 g/mol. The van der Waals surface area contributed by atoms with Crippen LogP contribution in [0, 0.1) is 0 Å². The van der Waals surface area contributed by atoms with Crippen molar-refractivity contribution in [2.45, 2.75) is 0 Å². The van der Waals surface area contributed by atoms with Crippen molar-refractivity contribution in [3.05, 3.63) is 170 Å². The number of hydrogen-bond acceptors (Lipinski definition) is 8. The Balaban J connectivity index is 1.02. The highest BCUT2D eigenvalue weighted by Gasteiger charge is 2.34. The van der Waals surface area contributed by atoms with Crippen molar-refractivity contribution in [1.82, 2.24) is 9.97 Å². The number of fused-ring (bicyclic) bond motifs is 6. The Labute approximate surface area is 298 Å². The zero-order valence-corrected chi connectivity index (χ0v) is 27.7. The van der Waals surface area contributed by atoms with Gasteiger partial charge in [-0.2, -0.15) is 9.97 Å². The predicted molar refractivity (Wildman–Crippen MR) is 207 cm³/mol. The lowest BCUT2D eigenvalue weighted by atomic mass is 10.1. The van der Waals surface area contributed by atoms with Crippen molar-refractivity contribution in [2.24, 2.45) is 0 Å². The minimum absolute atomic E-state index is 0.468. The van der Waals surface area contributed by atoms with Gasteiger partial charge in [-0.25, -0.2) is 0 Å². The third-order valence-electron chi connectivity index (χ3n) is 9.74. The lowest BCUT2D eigenvalue weighted by molar-refractivity contribution is 0.606. The zero-order valence-electron chi connectivity index (χ0n) is 27.7. The van der Waals surface area contributed by atoms with E-state index in [-0.39, 0.29) is 0 Å². The van der Waals surface area contributed by atoms with Gasteiger partial charge in [0.15, 0.2) is 11.2 Å². The highest BCUT2D eigenvalue weighted by Crippen LogP contribution is 2.55. The summed E-state index contributed by atoms with van der Waals surface area (Å²) in [7, 11) is 0. The van der Waals surface area contributed by atoms with Gasteiger partial charge >= 0.3 is 12.0 Å². The highest BCUT2D eigenvalue weighted by molar-refractivity contribution is 6.03. The van der Waals surface area contributed by atoms with Crippen molar-refractivity contribution >= 4 is 91.1 Å². The maximum absolute atomic E-state index is 6.59. The second-order valence-corrected chi connectivity index (χ2v) is 12.7. The molecule has 0 atom stereocenters. The van der Waals surface area contributed by atoms with Gasteiger partial charge in [-0.15, -0.1) is 0 Å². The Morgan fingerprint density at radius 3 is 0.885 bits per heavy atom. The molecule has 8 heteroatoms. The number of oxazole rings is 2. The summed E-state index contributed by atoms with van der Waals surface area (Å²) in [4.78, 5) is 18.8. The van der Waals surface area contributed by atoms with E-state index in [0.717, 1.165) is 56.9 Å². The molecular weight excluding hydrogens is 645 g/mol. The van der Waals surface area contributed by atoms with E-state index in [1.807, 2.05) is 48.5 Å². The zero-order chi connectivity index (χ0) is 34.2. The molecule has 8 nitrogen and oxygen atoms in total. The first-order valence-corrected chi connectivity index (χ1v) is 17.2. The van der Waals surface area contributed by atoms with E-state index in [1.54, 1.807) is 0 Å². The molecule has 4 heterocycles. The molecule has 9 aromatic rings. The topological polar surface area (TPSA) is 65.0 Å². The first-order chi connectivity index (χ1) is 25.8. The molecule has 0 bridgehead atoms. The Morgan fingerprint density at radius 1 is 0.308 bits per heavy atom.